The van der Waals surface area contributed by atoms with Crippen molar-refractivity contribution in [3.8, 4) is 0 Å². The van der Waals surface area contributed by atoms with Gasteiger partial charge in [-0.15, -0.1) is 0 Å². The van der Waals surface area contributed by atoms with E-state index in [1.165, 1.54) is 11.1 Å². The molecule has 3 aromatic rings. The first-order valence-electron chi connectivity index (χ1n) is 10.7. The second-order valence-corrected chi connectivity index (χ2v) is 7.99. The number of anilines is 1. The van der Waals surface area contributed by atoms with Crippen molar-refractivity contribution in [1.29, 1.82) is 0 Å². The molecule has 1 aromatic heterocycles. The molecule has 2 aromatic carbocycles. The minimum absolute atomic E-state index is 0.0465. The summed E-state index contributed by atoms with van der Waals surface area (Å²) in [7, 11) is 0. The van der Waals surface area contributed by atoms with E-state index in [-0.39, 0.29) is 18.5 Å². The molecule has 160 valence electrons. The Bertz CT molecular complexity index is 1070. The Balaban J connectivity index is 1.74. The number of benzene rings is 2. The highest BCUT2D eigenvalue weighted by molar-refractivity contribution is 5.89. The second-order valence-electron chi connectivity index (χ2n) is 7.99. The molecule has 4 rings (SSSR count). The lowest BCUT2D eigenvalue weighted by Crippen LogP contribution is -2.40. The molecule has 1 N–H and O–H groups in total. The van der Waals surface area contributed by atoms with Gasteiger partial charge in [-0.1, -0.05) is 78.1 Å². The summed E-state index contributed by atoms with van der Waals surface area (Å²) in [5, 5.41) is 15.5. The number of allylic oxidation sites excluding steroid dienone is 1. The zero-order chi connectivity index (χ0) is 21.8. The predicted octanol–water partition coefficient (Wildman–Crippen LogP) is 3.66. The Morgan fingerprint density at radius 2 is 1.71 bits per heavy atom. The van der Waals surface area contributed by atoms with Crippen LogP contribution in [-0.4, -0.2) is 39.2 Å². The molecule has 31 heavy (non-hydrogen) atoms. The molecule has 1 amide bonds. The monoisotopic (exact) mass is 416 g/mol. The number of aryl methyl sites for hydroxylation is 2. The van der Waals surface area contributed by atoms with Crippen molar-refractivity contribution in [3.05, 3.63) is 76.9 Å². The lowest BCUT2D eigenvalue weighted by Gasteiger charge is -2.32. The van der Waals surface area contributed by atoms with Gasteiger partial charge in [-0.05, 0) is 47.9 Å². The van der Waals surface area contributed by atoms with E-state index in [1.54, 1.807) is 4.68 Å². The SMILES string of the molecule is CCCCNC(=O)CN1C(c2ccc(C)cc2)=C[C@@H](c2ccc(C)cc2)n2nnnc21. The van der Waals surface area contributed by atoms with Gasteiger partial charge in [0.1, 0.15) is 12.6 Å². The van der Waals surface area contributed by atoms with Gasteiger partial charge in [-0.3, -0.25) is 9.69 Å². The van der Waals surface area contributed by atoms with Crippen molar-refractivity contribution in [3.63, 3.8) is 0 Å². The fourth-order valence-corrected chi connectivity index (χ4v) is 3.70. The van der Waals surface area contributed by atoms with E-state index in [2.05, 4.69) is 96.2 Å². The first kappa shape index (κ1) is 20.8. The highest BCUT2D eigenvalue weighted by Gasteiger charge is 2.31. The van der Waals surface area contributed by atoms with Crippen LogP contribution in [0.3, 0.4) is 0 Å². The van der Waals surface area contributed by atoms with E-state index in [1.807, 2.05) is 4.90 Å². The fraction of sp³-hybridized carbons (Fsp3) is 0.333. The van der Waals surface area contributed by atoms with Crippen LogP contribution in [0.1, 0.15) is 48.1 Å². The minimum Gasteiger partial charge on any atom is -0.355 e. The van der Waals surface area contributed by atoms with Gasteiger partial charge in [0.25, 0.3) is 5.95 Å². The molecule has 0 spiro atoms. The van der Waals surface area contributed by atoms with Gasteiger partial charge >= 0.3 is 0 Å². The molecule has 0 fully saturated rings. The van der Waals surface area contributed by atoms with E-state index in [0.717, 1.165) is 29.7 Å². The van der Waals surface area contributed by atoms with Gasteiger partial charge in [0.15, 0.2) is 0 Å². The number of nitrogens with zero attached hydrogens (tertiary/aromatic N) is 5. The molecule has 7 nitrogen and oxygen atoms in total. The van der Waals surface area contributed by atoms with Crippen LogP contribution in [0, 0.1) is 13.8 Å². The van der Waals surface area contributed by atoms with Crippen LogP contribution < -0.4 is 10.2 Å². The van der Waals surface area contributed by atoms with Gasteiger partial charge in [-0.2, -0.15) is 4.68 Å². The van der Waals surface area contributed by atoms with Gasteiger partial charge in [0, 0.05) is 6.54 Å². The topological polar surface area (TPSA) is 75.9 Å². The number of aromatic nitrogens is 4. The van der Waals surface area contributed by atoms with Crippen LogP contribution in [-0.2, 0) is 4.79 Å². The van der Waals surface area contributed by atoms with Crippen molar-refractivity contribution in [2.24, 2.45) is 0 Å². The van der Waals surface area contributed by atoms with Crippen LogP contribution in [0.25, 0.3) is 5.70 Å². The Morgan fingerprint density at radius 1 is 1.03 bits per heavy atom. The van der Waals surface area contributed by atoms with E-state index >= 15 is 0 Å². The third-order valence-electron chi connectivity index (χ3n) is 5.51. The van der Waals surface area contributed by atoms with Gasteiger partial charge in [-0.25, -0.2) is 0 Å². The zero-order valence-electron chi connectivity index (χ0n) is 18.2. The molecule has 0 radical (unpaired) electrons. The number of rotatable bonds is 7. The predicted molar refractivity (Wildman–Crippen MR) is 122 cm³/mol. The van der Waals surface area contributed by atoms with Gasteiger partial charge in [0.05, 0.1) is 5.70 Å². The van der Waals surface area contributed by atoms with Gasteiger partial charge in [0.2, 0.25) is 5.91 Å². The van der Waals surface area contributed by atoms with E-state index in [9.17, 15) is 4.79 Å². The van der Waals surface area contributed by atoms with Crippen LogP contribution in [0.4, 0.5) is 5.95 Å². The number of hydrogen-bond donors (Lipinski definition) is 1. The lowest BCUT2D eigenvalue weighted by molar-refractivity contribution is -0.119. The maximum atomic E-state index is 12.7. The van der Waals surface area contributed by atoms with Crippen molar-refractivity contribution >= 4 is 17.6 Å². The first-order valence-corrected chi connectivity index (χ1v) is 10.7. The number of fused-ring (bicyclic) bond motifs is 1. The summed E-state index contributed by atoms with van der Waals surface area (Å²) < 4.78 is 1.78. The number of hydrogen-bond acceptors (Lipinski definition) is 5. The van der Waals surface area contributed by atoms with Crippen LogP contribution >= 0.6 is 0 Å². The van der Waals surface area contributed by atoms with Crippen molar-refractivity contribution in [2.75, 3.05) is 18.0 Å². The third-order valence-corrected chi connectivity index (χ3v) is 5.51. The van der Waals surface area contributed by atoms with Crippen LogP contribution in [0.5, 0.6) is 0 Å². The molecule has 0 unspecified atom stereocenters. The average Bonchev–Trinajstić information content (AvgIpc) is 3.26. The molecule has 1 atom stereocenters. The number of carbonyl (C=O) groups excluding carboxylic acids is 1. The van der Waals surface area contributed by atoms with Crippen molar-refractivity contribution in [1.82, 2.24) is 25.5 Å². The van der Waals surface area contributed by atoms with E-state index in [4.69, 9.17) is 0 Å². The Morgan fingerprint density at radius 3 is 2.39 bits per heavy atom. The molecular formula is C24H28N6O. The average molecular weight is 417 g/mol. The lowest BCUT2D eigenvalue weighted by atomic mass is 9.99. The van der Waals surface area contributed by atoms with Crippen LogP contribution in [0.15, 0.2) is 54.6 Å². The Hall–Kier alpha value is -3.48. The number of nitrogens with one attached hydrogen (secondary N) is 1. The smallest absolute Gasteiger partial charge is 0.251 e. The molecule has 1 aliphatic heterocycles. The number of carbonyl (C=O) groups is 1. The van der Waals surface area contributed by atoms with Crippen molar-refractivity contribution in [2.45, 2.75) is 39.7 Å². The standard InChI is InChI=1S/C24H28N6O/c1-4-5-14-25-23(31)16-29-21(19-10-6-17(2)7-11-19)15-22(30-24(29)26-27-28-30)20-12-8-18(3)9-13-20/h6-13,15,22H,4-5,14,16H2,1-3H3,(H,25,31)/t22-/m0/s1. The summed E-state index contributed by atoms with van der Waals surface area (Å²) in [6.07, 6.45) is 4.13. The minimum atomic E-state index is -0.152. The molecule has 2 heterocycles. The van der Waals surface area contributed by atoms with Crippen LogP contribution in [0.2, 0.25) is 0 Å². The highest BCUT2D eigenvalue weighted by atomic mass is 16.2. The molecule has 1 aliphatic rings. The molecule has 0 aliphatic carbocycles. The highest BCUT2D eigenvalue weighted by Crippen LogP contribution is 2.36. The zero-order valence-corrected chi connectivity index (χ0v) is 18.2. The number of unbranched alkanes of at least 4 members (excludes halogenated alkanes) is 1. The normalized spacial score (nSPS) is 15.4. The molecule has 0 bridgehead atoms. The Kier molecular flexibility index (Phi) is 6.11. The van der Waals surface area contributed by atoms with Crippen molar-refractivity contribution < 1.29 is 4.79 Å². The summed E-state index contributed by atoms with van der Waals surface area (Å²) in [6.45, 7) is 7.07. The van der Waals surface area contributed by atoms with E-state index in [0.29, 0.717) is 12.5 Å². The number of tetrazole rings is 1. The van der Waals surface area contributed by atoms with E-state index < -0.39 is 0 Å². The maximum absolute atomic E-state index is 12.7. The Labute approximate surface area is 182 Å². The maximum Gasteiger partial charge on any atom is 0.251 e. The summed E-state index contributed by atoms with van der Waals surface area (Å²) in [6, 6.07) is 16.5. The molecule has 0 saturated carbocycles. The molecule has 0 saturated heterocycles. The summed E-state index contributed by atoms with van der Waals surface area (Å²) >= 11 is 0. The second kappa shape index (κ2) is 9.12. The fourth-order valence-electron chi connectivity index (χ4n) is 3.70. The summed E-state index contributed by atoms with van der Waals surface area (Å²) in [5.74, 6) is 0.518. The summed E-state index contributed by atoms with van der Waals surface area (Å²) in [5.41, 5.74) is 5.43. The number of amides is 1. The van der Waals surface area contributed by atoms with Gasteiger partial charge < -0.3 is 5.32 Å². The largest absolute Gasteiger partial charge is 0.355 e. The quantitative estimate of drug-likeness (QED) is 0.595. The molecule has 7 heteroatoms. The third kappa shape index (κ3) is 4.50. The molecular weight excluding hydrogens is 388 g/mol. The summed E-state index contributed by atoms with van der Waals surface area (Å²) in [4.78, 5) is 14.6. The first-order chi connectivity index (χ1) is 15.1.